The maximum atomic E-state index is 12.9. The number of thiophene rings is 1. The van der Waals surface area contributed by atoms with Crippen molar-refractivity contribution in [1.82, 2.24) is 14.9 Å². The summed E-state index contributed by atoms with van der Waals surface area (Å²) in [6.45, 7) is 4.11. The van der Waals surface area contributed by atoms with E-state index in [1.54, 1.807) is 4.57 Å². The molecule has 0 spiro atoms. The molecule has 0 aliphatic carbocycles. The van der Waals surface area contributed by atoms with Gasteiger partial charge in [0.15, 0.2) is 5.16 Å². The second-order valence-corrected chi connectivity index (χ2v) is 7.73. The van der Waals surface area contributed by atoms with Crippen LogP contribution in [0.3, 0.4) is 0 Å². The minimum Gasteiger partial charge on any atom is -0.353 e. The molecule has 7 heteroatoms. The molecule has 136 valence electrons. The van der Waals surface area contributed by atoms with Crippen LogP contribution in [0.1, 0.15) is 26.7 Å². The highest BCUT2D eigenvalue weighted by atomic mass is 32.2. The van der Waals surface area contributed by atoms with Crippen molar-refractivity contribution in [3.05, 3.63) is 52.1 Å². The number of fused-ring (bicyclic) bond motifs is 1. The lowest BCUT2D eigenvalue weighted by molar-refractivity contribution is -0.119. The summed E-state index contributed by atoms with van der Waals surface area (Å²) in [6, 6.07) is 11.4. The Morgan fingerprint density at radius 1 is 1.23 bits per heavy atom. The number of hydrogen-bond acceptors (Lipinski definition) is 5. The SMILES string of the molecule is CCC(CC)NC(=O)CSc1nc2ccsc2c(=O)n1-c1ccccc1. The Kier molecular flexibility index (Phi) is 6.11. The quantitative estimate of drug-likeness (QED) is 0.494. The molecule has 0 aliphatic heterocycles. The van der Waals surface area contributed by atoms with Gasteiger partial charge in [-0.3, -0.25) is 14.2 Å². The number of benzene rings is 1. The normalized spacial score (nSPS) is 11.2. The fourth-order valence-electron chi connectivity index (χ4n) is 2.69. The number of nitrogens with zero attached hydrogens (tertiary/aromatic N) is 2. The van der Waals surface area contributed by atoms with Crippen LogP contribution < -0.4 is 10.9 Å². The second-order valence-electron chi connectivity index (χ2n) is 5.88. The monoisotopic (exact) mass is 387 g/mol. The van der Waals surface area contributed by atoms with Gasteiger partial charge in [-0.25, -0.2) is 4.98 Å². The van der Waals surface area contributed by atoms with Gasteiger partial charge in [0.2, 0.25) is 5.91 Å². The molecule has 0 atom stereocenters. The van der Waals surface area contributed by atoms with Gasteiger partial charge in [0.1, 0.15) is 4.70 Å². The standard InChI is InChI=1S/C19H21N3O2S2/c1-3-13(4-2)20-16(23)12-26-19-21-15-10-11-25-17(15)18(24)22(19)14-8-6-5-7-9-14/h5-11,13H,3-4,12H2,1-2H3,(H,20,23). The number of carbonyl (C=O) groups is 1. The summed E-state index contributed by atoms with van der Waals surface area (Å²) >= 11 is 2.68. The minimum atomic E-state index is -0.0981. The third kappa shape index (κ3) is 3.99. The summed E-state index contributed by atoms with van der Waals surface area (Å²) < 4.78 is 2.22. The second kappa shape index (κ2) is 8.51. The number of aromatic nitrogens is 2. The molecule has 0 bridgehead atoms. The largest absolute Gasteiger partial charge is 0.353 e. The molecule has 1 amide bonds. The van der Waals surface area contributed by atoms with Crippen molar-refractivity contribution in [3.8, 4) is 5.69 Å². The Hall–Kier alpha value is -2.12. The molecule has 2 aromatic heterocycles. The average molecular weight is 388 g/mol. The Labute approximate surface area is 160 Å². The van der Waals surface area contributed by atoms with Crippen molar-refractivity contribution in [2.24, 2.45) is 0 Å². The first-order chi connectivity index (χ1) is 12.6. The molecule has 3 aromatic rings. The molecule has 1 aromatic carbocycles. The average Bonchev–Trinajstić information content (AvgIpc) is 3.14. The molecular weight excluding hydrogens is 366 g/mol. The first-order valence-electron chi connectivity index (χ1n) is 8.61. The fraction of sp³-hybridized carbons (Fsp3) is 0.316. The van der Waals surface area contributed by atoms with Gasteiger partial charge < -0.3 is 5.32 Å². The van der Waals surface area contributed by atoms with Crippen LogP contribution in [0.5, 0.6) is 0 Å². The van der Waals surface area contributed by atoms with Crippen LogP contribution in [0.15, 0.2) is 51.7 Å². The molecular formula is C19H21N3O2S2. The molecule has 26 heavy (non-hydrogen) atoms. The number of amides is 1. The summed E-state index contributed by atoms with van der Waals surface area (Å²) in [6.07, 6.45) is 1.81. The van der Waals surface area contributed by atoms with Crippen molar-refractivity contribution < 1.29 is 4.79 Å². The predicted molar refractivity (Wildman–Crippen MR) is 108 cm³/mol. The number of rotatable bonds is 7. The lowest BCUT2D eigenvalue weighted by Crippen LogP contribution is -2.35. The zero-order chi connectivity index (χ0) is 18.5. The molecule has 2 heterocycles. The molecule has 0 radical (unpaired) electrons. The number of nitrogens with one attached hydrogen (secondary N) is 1. The predicted octanol–water partition coefficient (Wildman–Crippen LogP) is 3.84. The van der Waals surface area contributed by atoms with E-state index >= 15 is 0 Å². The molecule has 0 fully saturated rings. The highest BCUT2D eigenvalue weighted by molar-refractivity contribution is 7.99. The number of carbonyl (C=O) groups excluding carboxylic acids is 1. The minimum absolute atomic E-state index is 0.0389. The fourth-order valence-corrected chi connectivity index (χ4v) is 4.27. The number of para-hydroxylation sites is 1. The van der Waals surface area contributed by atoms with Crippen LogP contribution in [-0.2, 0) is 4.79 Å². The van der Waals surface area contributed by atoms with E-state index in [1.165, 1.54) is 23.1 Å². The smallest absolute Gasteiger partial charge is 0.276 e. The van der Waals surface area contributed by atoms with Crippen LogP contribution in [-0.4, -0.2) is 27.3 Å². The summed E-state index contributed by atoms with van der Waals surface area (Å²) in [5.41, 5.74) is 1.33. The maximum absolute atomic E-state index is 12.9. The third-order valence-corrected chi connectivity index (χ3v) is 5.98. The Morgan fingerprint density at radius 3 is 2.65 bits per heavy atom. The van der Waals surface area contributed by atoms with Crippen molar-refractivity contribution in [3.63, 3.8) is 0 Å². The molecule has 0 unspecified atom stereocenters. The highest BCUT2D eigenvalue weighted by Gasteiger charge is 2.16. The zero-order valence-electron chi connectivity index (χ0n) is 14.8. The van der Waals surface area contributed by atoms with Gasteiger partial charge in [-0.15, -0.1) is 11.3 Å². The topological polar surface area (TPSA) is 64.0 Å². The van der Waals surface area contributed by atoms with E-state index in [2.05, 4.69) is 24.1 Å². The van der Waals surface area contributed by atoms with Crippen LogP contribution in [0.2, 0.25) is 0 Å². The first-order valence-corrected chi connectivity index (χ1v) is 10.5. The zero-order valence-corrected chi connectivity index (χ0v) is 16.4. The van der Waals surface area contributed by atoms with E-state index in [4.69, 9.17) is 0 Å². The summed E-state index contributed by atoms with van der Waals surface area (Å²) in [5, 5.41) is 5.42. The molecule has 1 N–H and O–H groups in total. The summed E-state index contributed by atoms with van der Waals surface area (Å²) in [4.78, 5) is 29.8. The van der Waals surface area contributed by atoms with Gasteiger partial charge in [0.25, 0.3) is 5.56 Å². The number of hydrogen-bond donors (Lipinski definition) is 1. The lowest BCUT2D eigenvalue weighted by atomic mass is 10.2. The van der Waals surface area contributed by atoms with E-state index in [9.17, 15) is 9.59 Å². The first kappa shape index (κ1) is 18.7. The lowest BCUT2D eigenvalue weighted by Gasteiger charge is -2.15. The van der Waals surface area contributed by atoms with E-state index in [1.807, 2.05) is 41.8 Å². The van der Waals surface area contributed by atoms with E-state index in [0.29, 0.717) is 15.4 Å². The van der Waals surface area contributed by atoms with E-state index in [0.717, 1.165) is 18.5 Å². The van der Waals surface area contributed by atoms with Gasteiger partial charge in [-0.1, -0.05) is 43.8 Å². The van der Waals surface area contributed by atoms with Gasteiger partial charge in [-0.2, -0.15) is 0 Å². The van der Waals surface area contributed by atoms with Crippen molar-refractivity contribution >= 4 is 39.2 Å². The van der Waals surface area contributed by atoms with Crippen LogP contribution in [0.4, 0.5) is 0 Å². The molecule has 3 rings (SSSR count). The van der Waals surface area contributed by atoms with Crippen LogP contribution in [0, 0.1) is 0 Å². The van der Waals surface area contributed by atoms with Gasteiger partial charge in [0.05, 0.1) is 17.0 Å². The molecule has 0 saturated heterocycles. The van der Waals surface area contributed by atoms with Crippen LogP contribution >= 0.6 is 23.1 Å². The molecule has 0 aliphatic rings. The Balaban J connectivity index is 1.92. The van der Waals surface area contributed by atoms with Crippen LogP contribution in [0.25, 0.3) is 15.9 Å². The number of thioether (sulfide) groups is 1. The highest BCUT2D eigenvalue weighted by Crippen LogP contribution is 2.23. The van der Waals surface area contributed by atoms with Gasteiger partial charge in [0, 0.05) is 6.04 Å². The third-order valence-electron chi connectivity index (χ3n) is 4.15. The van der Waals surface area contributed by atoms with Gasteiger partial charge >= 0.3 is 0 Å². The summed E-state index contributed by atoms with van der Waals surface area (Å²) in [5.74, 6) is 0.189. The maximum Gasteiger partial charge on any atom is 0.276 e. The van der Waals surface area contributed by atoms with Crippen molar-refractivity contribution in [2.45, 2.75) is 37.9 Å². The van der Waals surface area contributed by atoms with E-state index in [-0.39, 0.29) is 23.3 Å². The van der Waals surface area contributed by atoms with E-state index < -0.39 is 0 Å². The molecule has 0 saturated carbocycles. The summed E-state index contributed by atoms with van der Waals surface area (Å²) in [7, 11) is 0. The van der Waals surface area contributed by atoms with Crippen molar-refractivity contribution in [1.29, 1.82) is 0 Å². The van der Waals surface area contributed by atoms with Gasteiger partial charge in [-0.05, 0) is 36.4 Å². The molecule has 5 nitrogen and oxygen atoms in total. The van der Waals surface area contributed by atoms with Crippen molar-refractivity contribution in [2.75, 3.05) is 5.75 Å². The Morgan fingerprint density at radius 2 is 1.96 bits per heavy atom. The Bertz CT molecular complexity index is 946.